The molecule has 6 heteroatoms. The van der Waals surface area contributed by atoms with Crippen LogP contribution in [0.15, 0.2) is 72.9 Å². The number of para-hydroxylation sites is 2. The predicted molar refractivity (Wildman–Crippen MR) is 102 cm³/mol. The first-order chi connectivity index (χ1) is 12.7. The highest BCUT2D eigenvalue weighted by atomic mass is 16.1. The molecule has 0 saturated heterocycles. The average Bonchev–Trinajstić information content (AvgIpc) is 3.03. The summed E-state index contributed by atoms with van der Waals surface area (Å²) >= 11 is 0. The molecule has 2 aromatic carbocycles. The number of amides is 1. The second-order valence-electron chi connectivity index (χ2n) is 5.86. The quantitative estimate of drug-likeness (QED) is 0.587. The Morgan fingerprint density at radius 2 is 1.58 bits per heavy atom. The molecule has 0 fully saturated rings. The van der Waals surface area contributed by atoms with Crippen LogP contribution in [0.1, 0.15) is 16.1 Å². The van der Waals surface area contributed by atoms with Gasteiger partial charge in [0, 0.05) is 23.3 Å². The van der Waals surface area contributed by atoms with Gasteiger partial charge in [0.25, 0.3) is 5.91 Å². The maximum absolute atomic E-state index is 13.0. The standard InChI is InChI=1S/C20H17N5O/c1-14-12-13-21-19-17(20(26)23-16-10-6-3-7-11-16)18(24-25(14)19)22-15-8-4-2-5-9-15/h2-13H,1H3,(H,22,24)(H,23,26). The van der Waals surface area contributed by atoms with Crippen LogP contribution in [-0.4, -0.2) is 20.5 Å². The molecule has 0 unspecified atom stereocenters. The first-order valence-corrected chi connectivity index (χ1v) is 8.25. The van der Waals surface area contributed by atoms with Crippen LogP contribution in [-0.2, 0) is 0 Å². The molecule has 4 rings (SSSR count). The lowest BCUT2D eigenvalue weighted by molar-refractivity contribution is 0.102. The molecule has 0 radical (unpaired) electrons. The fourth-order valence-electron chi connectivity index (χ4n) is 2.73. The number of carbonyl (C=O) groups is 1. The molecule has 6 nitrogen and oxygen atoms in total. The van der Waals surface area contributed by atoms with Crippen molar-refractivity contribution in [2.24, 2.45) is 0 Å². The third kappa shape index (κ3) is 3.00. The maximum Gasteiger partial charge on any atom is 0.263 e. The van der Waals surface area contributed by atoms with Crippen molar-refractivity contribution in [1.82, 2.24) is 14.6 Å². The van der Waals surface area contributed by atoms with Crippen molar-refractivity contribution in [2.75, 3.05) is 10.6 Å². The summed E-state index contributed by atoms with van der Waals surface area (Å²) in [6, 6.07) is 20.8. The second kappa shape index (κ2) is 6.68. The van der Waals surface area contributed by atoms with Crippen molar-refractivity contribution in [3.8, 4) is 0 Å². The van der Waals surface area contributed by atoms with Gasteiger partial charge in [-0.05, 0) is 37.3 Å². The maximum atomic E-state index is 13.0. The lowest BCUT2D eigenvalue weighted by Crippen LogP contribution is -2.13. The minimum Gasteiger partial charge on any atom is -0.338 e. The van der Waals surface area contributed by atoms with E-state index < -0.39 is 0 Å². The normalized spacial score (nSPS) is 10.7. The van der Waals surface area contributed by atoms with Gasteiger partial charge in [-0.1, -0.05) is 36.4 Å². The highest BCUT2D eigenvalue weighted by Gasteiger charge is 2.22. The van der Waals surface area contributed by atoms with Crippen LogP contribution >= 0.6 is 0 Å². The van der Waals surface area contributed by atoms with Crippen LogP contribution in [0, 0.1) is 6.92 Å². The molecule has 0 atom stereocenters. The first kappa shape index (κ1) is 15.8. The molecular weight excluding hydrogens is 326 g/mol. The molecule has 1 amide bonds. The topological polar surface area (TPSA) is 71.3 Å². The van der Waals surface area contributed by atoms with Gasteiger partial charge in [-0.3, -0.25) is 4.79 Å². The van der Waals surface area contributed by atoms with Gasteiger partial charge >= 0.3 is 0 Å². The fraction of sp³-hybridized carbons (Fsp3) is 0.0500. The van der Waals surface area contributed by atoms with Gasteiger partial charge in [0.15, 0.2) is 11.5 Å². The Morgan fingerprint density at radius 1 is 0.923 bits per heavy atom. The van der Waals surface area contributed by atoms with Crippen molar-refractivity contribution >= 4 is 28.7 Å². The van der Waals surface area contributed by atoms with Crippen molar-refractivity contribution in [3.05, 3.63) is 84.2 Å². The fourth-order valence-corrected chi connectivity index (χ4v) is 2.73. The lowest BCUT2D eigenvalue weighted by atomic mass is 10.2. The average molecular weight is 343 g/mol. The number of fused-ring (bicyclic) bond motifs is 1. The predicted octanol–water partition coefficient (Wildman–Crippen LogP) is 4.03. The largest absolute Gasteiger partial charge is 0.338 e. The monoisotopic (exact) mass is 343 g/mol. The van der Waals surface area contributed by atoms with Gasteiger partial charge in [0.2, 0.25) is 0 Å². The summed E-state index contributed by atoms with van der Waals surface area (Å²) in [5.74, 6) is 0.203. The molecule has 0 aliphatic rings. The number of aromatic nitrogens is 3. The van der Waals surface area contributed by atoms with E-state index in [9.17, 15) is 4.79 Å². The van der Waals surface area contributed by atoms with Gasteiger partial charge in [-0.2, -0.15) is 0 Å². The van der Waals surface area contributed by atoms with Crippen LogP contribution in [0.4, 0.5) is 17.2 Å². The molecule has 0 spiro atoms. The van der Waals surface area contributed by atoms with E-state index in [1.54, 1.807) is 10.7 Å². The van der Waals surface area contributed by atoms with Crippen molar-refractivity contribution < 1.29 is 4.79 Å². The van der Waals surface area contributed by atoms with Gasteiger partial charge in [-0.15, -0.1) is 5.10 Å². The van der Waals surface area contributed by atoms with Crippen LogP contribution < -0.4 is 10.6 Å². The summed E-state index contributed by atoms with van der Waals surface area (Å²) in [5.41, 5.74) is 3.38. The highest BCUT2D eigenvalue weighted by molar-refractivity contribution is 6.12. The van der Waals surface area contributed by atoms with Crippen LogP contribution in [0.3, 0.4) is 0 Å². The molecule has 4 aromatic rings. The van der Waals surface area contributed by atoms with E-state index in [1.807, 2.05) is 73.7 Å². The Kier molecular flexibility index (Phi) is 4.07. The smallest absolute Gasteiger partial charge is 0.263 e. The van der Waals surface area contributed by atoms with Crippen molar-refractivity contribution in [3.63, 3.8) is 0 Å². The Morgan fingerprint density at radius 3 is 2.27 bits per heavy atom. The number of rotatable bonds is 4. The molecular formula is C20H17N5O. The van der Waals surface area contributed by atoms with Gasteiger partial charge < -0.3 is 10.6 Å². The van der Waals surface area contributed by atoms with Gasteiger partial charge in [0.1, 0.15) is 5.56 Å². The highest BCUT2D eigenvalue weighted by Crippen LogP contribution is 2.24. The Hall–Kier alpha value is -3.67. The van der Waals surface area contributed by atoms with Gasteiger partial charge in [0.05, 0.1) is 0 Å². The summed E-state index contributed by atoms with van der Waals surface area (Å²) in [6.07, 6.45) is 1.68. The van der Waals surface area contributed by atoms with E-state index in [4.69, 9.17) is 0 Å². The Labute approximate surface area is 150 Å². The summed E-state index contributed by atoms with van der Waals surface area (Å²) < 4.78 is 1.67. The molecule has 0 bridgehead atoms. The lowest BCUT2D eigenvalue weighted by Gasteiger charge is -2.07. The molecule has 2 heterocycles. The summed E-state index contributed by atoms with van der Waals surface area (Å²) in [4.78, 5) is 17.3. The van der Waals surface area contributed by atoms with E-state index >= 15 is 0 Å². The number of carbonyl (C=O) groups excluding carboxylic acids is 1. The van der Waals surface area contributed by atoms with Crippen molar-refractivity contribution in [1.29, 1.82) is 0 Å². The van der Waals surface area contributed by atoms with E-state index in [0.717, 1.165) is 17.1 Å². The van der Waals surface area contributed by atoms with E-state index in [2.05, 4.69) is 20.7 Å². The number of anilines is 3. The summed E-state index contributed by atoms with van der Waals surface area (Å²) in [7, 11) is 0. The molecule has 2 N–H and O–H groups in total. The number of aryl methyl sites for hydroxylation is 1. The summed E-state index contributed by atoms with van der Waals surface area (Å²) in [5, 5.41) is 10.7. The zero-order valence-corrected chi connectivity index (χ0v) is 14.2. The molecule has 128 valence electrons. The number of benzene rings is 2. The van der Waals surface area contributed by atoms with Crippen molar-refractivity contribution in [2.45, 2.75) is 6.92 Å². The van der Waals surface area contributed by atoms with E-state index in [-0.39, 0.29) is 5.91 Å². The van der Waals surface area contributed by atoms with Gasteiger partial charge in [-0.25, -0.2) is 9.50 Å². The molecule has 0 saturated carbocycles. The number of hydrogen-bond donors (Lipinski definition) is 2. The number of hydrogen-bond acceptors (Lipinski definition) is 4. The SMILES string of the molecule is Cc1ccnc2c(C(=O)Nc3ccccc3)c(Nc3ccccc3)nn12. The zero-order valence-electron chi connectivity index (χ0n) is 14.2. The van der Waals surface area contributed by atoms with Crippen LogP contribution in [0.25, 0.3) is 5.65 Å². The number of nitrogens with zero attached hydrogens (tertiary/aromatic N) is 3. The van der Waals surface area contributed by atoms with Crippen LogP contribution in [0.5, 0.6) is 0 Å². The Bertz CT molecular complexity index is 1060. The van der Waals surface area contributed by atoms with E-state index in [0.29, 0.717) is 17.0 Å². The first-order valence-electron chi connectivity index (χ1n) is 8.25. The zero-order chi connectivity index (χ0) is 17.9. The number of nitrogens with one attached hydrogen (secondary N) is 2. The summed E-state index contributed by atoms with van der Waals surface area (Å²) in [6.45, 7) is 1.92. The minimum absolute atomic E-state index is 0.261. The van der Waals surface area contributed by atoms with Crippen LogP contribution in [0.2, 0.25) is 0 Å². The third-order valence-electron chi connectivity index (χ3n) is 4.00. The Balaban J connectivity index is 1.79. The molecule has 2 aromatic heterocycles. The molecule has 0 aliphatic heterocycles. The van der Waals surface area contributed by atoms with E-state index in [1.165, 1.54) is 0 Å². The second-order valence-corrected chi connectivity index (χ2v) is 5.86. The minimum atomic E-state index is -0.261. The third-order valence-corrected chi connectivity index (χ3v) is 4.00. The molecule has 26 heavy (non-hydrogen) atoms. The molecule has 0 aliphatic carbocycles.